The number of anilines is 1. The number of carbonyl (C=O) groups is 3. The Morgan fingerprint density at radius 1 is 1.33 bits per heavy atom. The largest absolute Gasteiger partial charge is 0.480 e. The molecule has 0 unspecified atom stereocenters. The van der Waals surface area contributed by atoms with Gasteiger partial charge in [0, 0.05) is 18.7 Å². The van der Waals surface area contributed by atoms with Crippen molar-refractivity contribution in [3.63, 3.8) is 0 Å². The molecule has 3 N–H and O–H groups in total. The predicted molar refractivity (Wildman–Crippen MR) is 62.4 cm³/mol. The molecule has 1 aromatic carbocycles. The molecule has 0 radical (unpaired) electrons. The Morgan fingerprint density at radius 3 is 2.67 bits per heavy atom. The van der Waals surface area contributed by atoms with Gasteiger partial charge >= 0.3 is 18.0 Å². The Kier molecular flexibility index (Phi) is 4.67. The van der Waals surface area contributed by atoms with Gasteiger partial charge in [-0.15, -0.1) is 0 Å². The Hall–Kier alpha value is -2.57. The van der Waals surface area contributed by atoms with Gasteiger partial charge in [0.05, 0.1) is 0 Å². The van der Waals surface area contributed by atoms with Gasteiger partial charge in [0.25, 0.3) is 0 Å². The van der Waals surface area contributed by atoms with Gasteiger partial charge in [-0.25, -0.2) is 4.79 Å². The molecule has 0 aliphatic heterocycles. The van der Waals surface area contributed by atoms with Crippen LogP contribution >= 0.6 is 0 Å². The molecule has 0 aromatic heterocycles. The van der Waals surface area contributed by atoms with Crippen molar-refractivity contribution in [3.8, 4) is 5.75 Å². The number of aliphatic carboxylic acids is 1. The molecule has 0 aliphatic rings. The van der Waals surface area contributed by atoms with E-state index in [1.807, 2.05) is 0 Å². The Bertz CT molecular complexity index is 472. The van der Waals surface area contributed by atoms with E-state index in [4.69, 9.17) is 9.84 Å². The summed E-state index contributed by atoms with van der Waals surface area (Å²) >= 11 is 0. The number of amides is 2. The molecule has 0 saturated heterocycles. The van der Waals surface area contributed by atoms with Crippen molar-refractivity contribution in [2.75, 3.05) is 11.9 Å². The molecule has 2 amide bonds. The van der Waals surface area contributed by atoms with E-state index in [-0.39, 0.29) is 0 Å². The second-order valence-corrected chi connectivity index (χ2v) is 3.32. The molecule has 0 saturated carbocycles. The van der Waals surface area contributed by atoms with Crippen LogP contribution in [0.5, 0.6) is 5.75 Å². The van der Waals surface area contributed by atoms with E-state index in [1.165, 1.54) is 13.0 Å². The molecular formula is C11H12N2O5. The number of carboxylic acids is 1. The summed E-state index contributed by atoms with van der Waals surface area (Å²) in [6.07, 6.45) is 0. The van der Waals surface area contributed by atoms with E-state index in [0.29, 0.717) is 11.4 Å². The maximum atomic E-state index is 11.3. The molecule has 7 heteroatoms. The topological polar surface area (TPSA) is 105 Å². The van der Waals surface area contributed by atoms with Crippen molar-refractivity contribution in [1.29, 1.82) is 0 Å². The van der Waals surface area contributed by atoms with Gasteiger partial charge in [-0.1, -0.05) is 6.07 Å². The van der Waals surface area contributed by atoms with Crippen molar-refractivity contribution in [2.24, 2.45) is 0 Å². The third-order valence-electron chi connectivity index (χ3n) is 1.75. The van der Waals surface area contributed by atoms with Crippen LogP contribution in [0.15, 0.2) is 24.3 Å². The Balaban J connectivity index is 2.58. The minimum atomic E-state index is -1.14. The maximum Gasteiger partial charge on any atom is 0.323 e. The number of hydrogen-bond acceptors (Lipinski definition) is 4. The number of urea groups is 1. The monoisotopic (exact) mass is 252 g/mol. The lowest BCUT2D eigenvalue weighted by atomic mass is 10.3. The minimum absolute atomic E-state index is 0.290. The first kappa shape index (κ1) is 13.5. The standard InChI is InChI=1S/C11H12N2O5/c1-7(14)18-9-4-2-3-8(5-9)13-11(17)12-6-10(15)16/h2-5H,6H2,1H3,(H,15,16)(H2,12,13,17). The highest BCUT2D eigenvalue weighted by atomic mass is 16.5. The lowest BCUT2D eigenvalue weighted by Gasteiger charge is -2.07. The fourth-order valence-corrected chi connectivity index (χ4v) is 1.13. The van der Waals surface area contributed by atoms with E-state index < -0.39 is 24.5 Å². The number of hydrogen-bond donors (Lipinski definition) is 3. The summed E-state index contributed by atoms with van der Waals surface area (Å²) in [5.41, 5.74) is 0.386. The molecule has 0 heterocycles. The van der Waals surface area contributed by atoms with Gasteiger partial charge in [-0.3, -0.25) is 9.59 Å². The van der Waals surface area contributed by atoms with Crippen LogP contribution in [0.3, 0.4) is 0 Å². The zero-order valence-electron chi connectivity index (χ0n) is 9.60. The number of esters is 1. The summed E-state index contributed by atoms with van der Waals surface area (Å²) in [5, 5.41) is 12.9. The van der Waals surface area contributed by atoms with E-state index in [0.717, 1.165) is 0 Å². The van der Waals surface area contributed by atoms with Crippen LogP contribution in [0.25, 0.3) is 0 Å². The van der Waals surface area contributed by atoms with E-state index >= 15 is 0 Å². The van der Waals surface area contributed by atoms with E-state index in [1.54, 1.807) is 18.2 Å². The number of ether oxygens (including phenoxy) is 1. The summed E-state index contributed by atoms with van der Waals surface area (Å²) in [6.45, 7) is 0.787. The molecule has 18 heavy (non-hydrogen) atoms. The normalized spacial score (nSPS) is 9.39. The molecule has 0 bridgehead atoms. The van der Waals surface area contributed by atoms with Gasteiger partial charge < -0.3 is 20.5 Å². The summed E-state index contributed by atoms with van der Waals surface area (Å²) in [6, 6.07) is 5.51. The molecule has 1 aromatic rings. The van der Waals surface area contributed by atoms with Gasteiger partial charge in [-0.05, 0) is 12.1 Å². The third-order valence-corrected chi connectivity index (χ3v) is 1.75. The van der Waals surface area contributed by atoms with Crippen LogP contribution in [-0.2, 0) is 9.59 Å². The first-order chi connectivity index (χ1) is 8.47. The summed E-state index contributed by atoms with van der Waals surface area (Å²) in [4.78, 5) is 32.2. The third kappa shape index (κ3) is 4.97. The highest BCUT2D eigenvalue weighted by Gasteiger charge is 2.05. The smallest absolute Gasteiger partial charge is 0.323 e. The average molecular weight is 252 g/mol. The maximum absolute atomic E-state index is 11.3. The number of carboxylic acid groups (broad SMARTS) is 1. The molecule has 1 rings (SSSR count). The fourth-order valence-electron chi connectivity index (χ4n) is 1.13. The predicted octanol–water partition coefficient (Wildman–Crippen LogP) is 0.818. The zero-order valence-corrected chi connectivity index (χ0v) is 9.60. The lowest BCUT2D eigenvalue weighted by Crippen LogP contribution is -2.33. The fraction of sp³-hybridized carbons (Fsp3) is 0.182. The number of rotatable bonds is 4. The van der Waals surface area contributed by atoms with Crippen molar-refractivity contribution in [2.45, 2.75) is 6.92 Å². The second-order valence-electron chi connectivity index (χ2n) is 3.32. The second kappa shape index (κ2) is 6.24. The highest BCUT2D eigenvalue weighted by Crippen LogP contribution is 2.17. The van der Waals surface area contributed by atoms with Crippen LogP contribution in [-0.4, -0.2) is 29.6 Å². The number of nitrogens with one attached hydrogen (secondary N) is 2. The molecule has 0 aliphatic carbocycles. The summed E-state index contributed by atoms with van der Waals surface area (Å²) in [5.74, 6) is -1.32. The summed E-state index contributed by atoms with van der Waals surface area (Å²) < 4.78 is 4.83. The van der Waals surface area contributed by atoms with Gasteiger partial charge in [0.1, 0.15) is 12.3 Å². The summed E-state index contributed by atoms with van der Waals surface area (Å²) in [7, 11) is 0. The molecular weight excluding hydrogens is 240 g/mol. The number of carbonyl (C=O) groups excluding carboxylic acids is 2. The van der Waals surface area contributed by atoms with Crippen LogP contribution in [0.2, 0.25) is 0 Å². The molecule has 7 nitrogen and oxygen atoms in total. The van der Waals surface area contributed by atoms with Crippen LogP contribution < -0.4 is 15.4 Å². The molecule has 96 valence electrons. The van der Waals surface area contributed by atoms with Crippen molar-refractivity contribution in [1.82, 2.24) is 5.32 Å². The lowest BCUT2D eigenvalue weighted by molar-refractivity contribution is -0.136. The van der Waals surface area contributed by atoms with Gasteiger partial charge in [0.2, 0.25) is 0 Å². The highest BCUT2D eigenvalue weighted by molar-refractivity contribution is 5.91. The van der Waals surface area contributed by atoms with Crippen LogP contribution in [0.1, 0.15) is 6.92 Å². The Morgan fingerprint density at radius 2 is 2.06 bits per heavy atom. The molecule has 0 spiro atoms. The average Bonchev–Trinajstić information content (AvgIpc) is 2.26. The Labute approximate surface area is 103 Å². The van der Waals surface area contributed by atoms with Crippen LogP contribution in [0.4, 0.5) is 10.5 Å². The number of benzene rings is 1. The molecule has 0 fully saturated rings. The minimum Gasteiger partial charge on any atom is -0.480 e. The van der Waals surface area contributed by atoms with Crippen molar-refractivity contribution in [3.05, 3.63) is 24.3 Å². The zero-order chi connectivity index (χ0) is 13.5. The van der Waals surface area contributed by atoms with Crippen LogP contribution in [0, 0.1) is 0 Å². The van der Waals surface area contributed by atoms with Gasteiger partial charge in [0.15, 0.2) is 0 Å². The molecule has 0 atom stereocenters. The van der Waals surface area contributed by atoms with E-state index in [9.17, 15) is 14.4 Å². The van der Waals surface area contributed by atoms with Crippen molar-refractivity contribution < 1.29 is 24.2 Å². The van der Waals surface area contributed by atoms with E-state index in [2.05, 4.69) is 10.6 Å². The first-order valence-corrected chi connectivity index (χ1v) is 5.02. The quantitative estimate of drug-likeness (QED) is 0.543. The van der Waals surface area contributed by atoms with Crippen molar-refractivity contribution >= 4 is 23.7 Å². The van der Waals surface area contributed by atoms with Gasteiger partial charge in [-0.2, -0.15) is 0 Å². The SMILES string of the molecule is CC(=O)Oc1cccc(NC(=O)NCC(=O)O)c1. The first-order valence-electron chi connectivity index (χ1n) is 5.02.